The largest absolute Gasteiger partial charge is 0.399 e. The van der Waals surface area contributed by atoms with Crippen molar-refractivity contribution in [3.05, 3.63) is 85.2 Å². The molecule has 17 heteroatoms. The highest BCUT2D eigenvalue weighted by atomic mass is 16.5. The maximum atomic E-state index is 12.1. The number of aliphatic hydroxyl groups is 2. The van der Waals surface area contributed by atoms with Crippen LogP contribution in [-0.2, 0) is 9.47 Å². The van der Waals surface area contributed by atoms with Crippen molar-refractivity contribution in [2.75, 3.05) is 86.7 Å². The third-order valence-corrected chi connectivity index (χ3v) is 9.19. The summed E-state index contributed by atoms with van der Waals surface area (Å²) in [7, 11) is 0. The van der Waals surface area contributed by atoms with Gasteiger partial charge in [0, 0.05) is 66.6 Å². The lowest BCUT2D eigenvalue weighted by atomic mass is 10.1. The number of aliphatic hydroxyl groups excluding tert-OH is 2. The molecule has 8 N–H and O–H groups in total. The van der Waals surface area contributed by atoms with Gasteiger partial charge in [-0.15, -0.1) is 10.2 Å². The van der Waals surface area contributed by atoms with Crippen LogP contribution in [0.3, 0.4) is 0 Å². The number of benzene rings is 2. The third-order valence-electron chi connectivity index (χ3n) is 9.19. The van der Waals surface area contributed by atoms with Crippen molar-refractivity contribution in [2.24, 2.45) is 5.73 Å². The molecule has 6 aromatic rings. The molecule has 17 nitrogen and oxygen atoms in total. The molecule has 6 heterocycles. The van der Waals surface area contributed by atoms with Crippen LogP contribution in [0.25, 0.3) is 33.8 Å². The molecule has 2 aliphatic rings. The lowest BCUT2D eigenvalue weighted by molar-refractivity contribution is 0.122. The van der Waals surface area contributed by atoms with Crippen molar-refractivity contribution in [3.8, 4) is 22.8 Å². The van der Waals surface area contributed by atoms with E-state index in [1.807, 2.05) is 82.1 Å². The summed E-state index contributed by atoms with van der Waals surface area (Å²) in [5, 5.41) is 32.3. The molecule has 0 atom stereocenters. The van der Waals surface area contributed by atoms with Gasteiger partial charge in [0.1, 0.15) is 11.0 Å². The molecule has 0 spiro atoms. The van der Waals surface area contributed by atoms with Crippen molar-refractivity contribution in [2.45, 2.75) is 53.6 Å². The Balaban J connectivity index is 0.000000233. The van der Waals surface area contributed by atoms with Crippen LogP contribution < -0.4 is 31.9 Å². The van der Waals surface area contributed by atoms with Gasteiger partial charge in [-0.05, 0) is 100 Å². The fraction of sp³-hybridized carbons (Fsp3) is 0.419. The highest BCUT2D eigenvalue weighted by Crippen LogP contribution is 2.27. The van der Waals surface area contributed by atoms with Gasteiger partial charge in [-0.2, -0.15) is 0 Å². The number of urea groups is 1. The number of morpholine rings is 2. The van der Waals surface area contributed by atoms with Gasteiger partial charge >= 0.3 is 6.03 Å². The van der Waals surface area contributed by atoms with E-state index in [4.69, 9.17) is 36.0 Å². The van der Waals surface area contributed by atoms with Crippen molar-refractivity contribution in [1.82, 2.24) is 34.5 Å². The van der Waals surface area contributed by atoms with Gasteiger partial charge in [-0.1, -0.05) is 14.9 Å². The van der Waals surface area contributed by atoms with Gasteiger partial charge in [-0.25, -0.2) is 23.8 Å². The number of fused-ring (bicyclic) bond motifs is 2. The van der Waals surface area contributed by atoms with Crippen LogP contribution >= 0.6 is 0 Å². The molecule has 8 rings (SSSR count). The van der Waals surface area contributed by atoms with E-state index in [0.717, 1.165) is 78.9 Å². The molecule has 0 unspecified atom stereocenters. The SMILES string of the molecule is C.C.CC(C)(CO)NC(=O)Nc1ccc(-c2nc(N3CCOCC3)c3cccn3n2)cc1.CC(C)(N)CO.Nc1ccc(-c2nc(N3CCOCC3)c3cccn3n2)cc1. The van der Waals surface area contributed by atoms with Crippen molar-refractivity contribution in [3.63, 3.8) is 0 Å². The first-order valence-electron chi connectivity index (χ1n) is 19.2. The number of ether oxygens (including phenoxy) is 2. The molecule has 0 saturated carbocycles. The Morgan fingerprint density at radius 1 is 0.700 bits per heavy atom. The van der Waals surface area contributed by atoms with Crippen LogP contribution in [0.5, 0.6) is 0 Å². The topological polar surface area (TPSA) is 219 Å². The second kappa shape index (κ2) is 20.9. The standard InChI is InChI=1S/C21H26N6O3.C16H17N5O.C4H11NO.2CH4/c1-21(2,14-28)24-20(29)22-16-7-5-15(6-8-16)18-23-19(26-10-12-30-13-11-26)17-4-3-9-27(17)25-18;17-13-5-3-12(4-6-13)15-18-16(20-8-10-22-11-9-20)14-2-1-7-21(14)19-15;1-4(2,5)3-6;;/h3-9,28H,10-14H2,1-2H3,(H2,22,24,29);1-7H,8-11,17H2;6H,3,5H2,1-2H3;2*1H4. The molecule has 0 radical (unpaired) electrons. The first-order chi connectivity index (χ1) is 27.8. The Hall–Kier alpha value is -5.85. The fourth-order valence-corrected chi connectivity index (χ4v) is 5.94. The zero-order valence-corrected chi connectivity index (χ0v) is 33.5. The second-order valence-electron chi connectivity index (χ2n) is 15.4. The van der Waals surface area contributed by atoms with Gasteiger partial charge in [0.25, 0.3) is 0 Å². The number of hydrogen-bond donors (Lipinski definition) is 6. The Morgan fingerprint density at radius 3 is 1.52 bits per heavy atom. The predicted octanol–water partition coefficient (Wildman–Crippen LogP) is 4.93. The van der Waals surface area contributed by atoms with E-state index in [9.17, 15) is 9.90 Å². The lowest BCUT2D eigenvalue weighted by Gasteiger charge is -2.28. The Labute approximate surface area is 352 Å². The summed E-state index contributed by atoms with van der Waals surface area (Å²) >= 11 is 0. The minimum Gasteiger partial charge on any atom is -0.399 e. The van der Waals surface area contributed by atoms with E-state index in [0.29, 0.717) is 30.5 Å². The predicted molar refractivity (Wildman–Crippen MR) is 239 cm³/mol. The number of carbonyl (C=O) groups is 1. The number of amides is 2. The van der Waals surface area contributed by atoms with Gasteiger partial charge in [0.05, 0.1) is 45.2 Å². The number of nitrogen functional groups attached to an aromatic ring is 1. The van der Waals surface area contributed by atoms with Crippen LogP contribution in [0, 0.1) is 0 Å². The first kappa shape index (κ1) is 46.8. The van der Waals surface area contributed by atoms with Gasteiger partial charge in [-0.3, -0.25) is 0 Å². The zero-order chi connectivity index (χ0) is 41.3. The average Bonchev–Trinajstić information content (AvgIpc) is 3.92. The number of aromatic nitrogens is 6. The van der Waals surface area contributed by atoms with E-state index in [2.05, 4.69) is 30.6 Å². The molecule has 2 aliphatic heterocycles. The van der Waals surface area contributed by atoms with E-state index in [-0.39, 0.29) is 34.1 Å². The minimum atomic E-state index is -0.695. The summed E-state index contributed by atoms with van der Waals surface area (Å²) in [5.41, 5.74) is 15.1. The number of rotatable bonds is 8. The molecule has 60 heavy (non-hydrogen) atoms. The van der Waals surface area contributed by atoms with Crippen LogP contribution in [0.1, 0.15) is 42.5 Å². The first-order valence-corrected chi connectivity index (χ1v) is 19.2. The molecule has 2 aromatic carbocycles. The quantitative estimate of drug-likeness (QED) is 0.112. The molecular weight excluding hydrogens is 765 g/mol. The Morgan fingerprint density at radius 2 is 1.12 bits per heavy atom. The molecular formula is C43H62N12O5. The van der Waals surface area contributed by atoms with Gasteiger partial charge in [0.2, 0.25) is 0 Å². The summed E-state index contributed by atoms with van der Waals surface area (Å²) in [6.07, 6.45) is 3.86. The summed E-state index contributed by atoms with van der Waals surface area (Å²) < 4.78 is 14.6. The third kappa shape index (κ3) is 12.3. The molecule has 0 bridgehead atoms. The van der Waals surface area contributed by atoms with Gasteiger partial charge in [0.15, 0.2) is 23.3 Å². The van der Waals surface area contributed by atoms with Gasteiger partial charge < -0.3 is 51.6 Å². The number of nitrogens with zero attached hydrogens (tertiary/aromatic N) is 8. The molecule has 2 amide bonds. The molecule has 2 fully saturated rings. The highest BCUT2D eigenvalue weighted by molar-refractivity contribution is 5.90. The van der Waals surface area contributed by atoms with Crippen molar-refractivity contribution in [1.29, 1.82) is 0 Å². The second-order valence-corrected chi connectivity index (χ2v) is 15.4. The molecule has 2 saturated heterocycles. The highest BCUT2D eigenvalue weighted by Gasteiger charge is 2.21. The minimum absolute atomic E-state index is 0. The van der Waals surface area contributed by atoms with Crippen LogP contribution in [0.2, 0.25) is 0 Å². The van der Waals surface area contributed by atoms with Crippen LogP contribution in [0.4, 0.5) is 27.8 Å². The van der Waals surface area contributed by atoms with E-state index in [1.54, 1.807) is 39.8 Å². The number of carbonyl (C=O) groups excluding carboxylic acids is 1. The normalized spacial score (nSPS) is 14.2. The summed E-state index contributed by atoms with van der Waals surface area (Å²) in [6, 6.07) is 22.6. The average molecular weight is 827 g/mol. The molecule has 324 valence electrons. The number of hydrogen-bond acceptors (Lipinski definition) is 13. The number of anilines is 4. The number of nitrogens with two attached hydrogens (primary N) is 2. The van der Waals surface area contributed by atoms with E-state index in [1.165, 1.54) is 0 Å². The van der Waals surface area contributed by atoms with Crippen LogP contribution in [0.15, 0.2) is 85.2 Å². The molecule has 4 aromatic heterocycles. The lowest BCUT2D eigenvalue weighted by Crippen LogP contribution is -2.48. The van der Waals surface area contributed by atoms with Crippen molar-refractivity contribution >= 4 is 40.1 Å². The molecule has 0 aliphatic carbocycles. The maximum Gasteiger partial charge on any atom is 0.319 e. The number of nitrogens with one attached hydrogen (secondary N) is 2. The fourth-order valence-electron chi connectivity index (χ4n) is 5.94. The summed E-state index contributed by atoms with van der Waals surface area (Å²) in [6.45, 7) is 13.0. The smallest absolute Gasteiger partial charge is 0.319 e. The van der Waals surface area contributed by atoms with E-state index < -0.39 is 11.1 Å². The van der Waals surface area contributed by atoms with Crippen molar-refractivity contribution < 1.29 is 24.5 Å². The zero-order valence-electron chi connectivity index (χ0n) is 33.5. The maximum absolute atomic E-state index is 12.1. The Kier molecular flexibility index (Phi) is 16.3. The van der Waals surface area contributed by atoms with E-state index >= 15 is 0 Å². The Bertz CT molecular complexity index is 2240. The monoisotopic (exact) mass is 826 g/mol. The summed E-state index contributed by atoms with van der Waals surface area (Å²) in [5.74, 6) is 3.15. The van der Waals surface area contributed by atoms with Crippen LogP contribution in [-0.4, -0.2) is 122 Å². The summed E-state index contributed by atoms with van der Waals surface area (Å²) in [4.78, 5) is 26.2.